The Balaban J connectivity index is 1.37. The second-order valence-electron chi connectivity index (χ2n) is 9.05. The third kappa shape index (κ3) is 5.59. The van der Waals surface area contributed by atoms with Crippen molar-refractivity contribution < 1.29 is 31.9 Å². The molecule has 34 heavy (non-hydrogen) atoms. The van der Waals surface area contributed by atoms with Gasteiger partial charge < -0.3 is 14.1 Å². The molecular formula is C24H28F3N3O4. The molecule has 0 unspecified atom stereocenters. The van der Waals surface area contributed by atoms with Crippen molar-refractivity contribution in [3.8, 4) is 11.5 Å². The Kier molecular flexibility index (Phi) is 7.23. The average molecular weight is 479 g/mol. The van der Waals surface area contributed by atoms with Crippen LogP contribution in [0.3, 0.4) is 0 Å². The molecule has 184 valence electrons. The van der Waals surface area contributed by atoms with Crippen LogP contribution in [-0.4, -0.2) is 53.3 Å². The van der Waals surface area contributed by atoms with Gasteiger partial charge in [0, 0.05) is 31.0 Å². The molecule has 0 N–H and O–H groups in total. The van der Waals surface area contributed by atoms with Crippen LogP contribution in [0.15, 0.2) is 22.6 Å². The summed E-state index contributed by atoms with van der Waals surface area (Å²) in [6.45, 7) is 0.0563. The van der Waals surface area contributed by atoms with E-state index in [9.17, 15) is 22.8 Å². The van der Waals surface area contributed by atoms with E-state index in [-0.39, 0.29) is 25.0 Å². The zero-order valence-corrected chi connectivity index (χ0v) is 19.1. The topological polar surface area (TPSA) is 85.5 Å². The van der Waals surface area contributed by atoms with Crippen LogP contribution < -0.4 is 0 Å². The molecule has 1 amide bonds. The number of nitrogens with zero attached hydrogens (tertiary/aromatic N) is 3. The highest BCUT2D eigenvalue weighted by Crippen LogP contribution is 2.38. The van der Waals surface area contributed by atoms with Crippen molar-refractivity contribution in [3.05, 3.63) is 35.2 Å². The number of fused-ring (bicyclic) bond motifs is 1. The van der Waals surface area contributed by atoms with Crippen molar-refractivity contribution in [2.75, 3.05) is 20.2 Å². The minimum Gasteiger partial charge on any atom is -0.469 e. The van der Waals surface area contributed by atoms with Crippen molar-refractivity contribution in [1.29, 1.82) is 0 Å². The zero-order chi connectivity index (χ0) is 24.3. The standard InChI is InChI=1S/C24H28F3N3O4/c1-33-20(31)9-4-15-2-5-17(6-3-15)21-28-29-22(34-21)19-8-7-16-10-12-30(13-11-18(16)14-19)23(32)24(25,26)27/h7-8,14-15,17H,2-6,9-13H2,1H3. The Bertz CT molecular complexity index is 1030. The Morgan fingerprint density at radius 3 is 2.47 bits per heavy atom. The maximum Gasteiger partial charge on any atom is 0.471 e. The highest BCUT2D eigenvalue weighted by Gasteiger charge is 2.42. The number of rotatable bonds is 5. The first-order valence-corrected chi connectivity index (χ1v) is 11.6. The van der Waals surface area contributed by atoms with E-state index in [4.69, 9.17) is 9.15 Å². The lowest BCUT2D eigenvalue weighted by Gasteiger charge is -2.26. The number of alkyl halides is 3. The summed E-state index contributed by atoms with van der Waals surface area (Å²) in [6.07, 6.45) is 0.931. The van der Waals surface area contributed by atoms with Crippen molar-refractivity contribution in [2.24, 2.45) is 5.92 Å². The van der Waals surface area contributed by atoms with Gasteiger partial charge in [-0.05, 0) is 74.1 Å². The number of esters is 1. The predicted molar refractivity (Wildman–Crippen MR) is 116 cm³/mol. The molecule has 2 aromatic rings. The molecule has 2 heterocycles. The molecule has 2 aliphatic rings. The number of benzene rings is 1. The number of aromatic nitrogens is 2. The summed E-state index contributed by atoms with van der Waals surface area (Å²) in [6, 6.07) is 5.57. The van der Waals surface area contributed by atoms with Crippen LogP contribution in [0.5, 0.6) is 0 Å². The monoisotopic (exact) mass is 479 g/mol. The first kappa shape index (κ1) is 24.2. The summed E-state index contributed by atoms with van der Waals surface area (Å²) >= 11 is 0. The molecule has 1 aromatic carbocycles. The van der Waals surface area contributed by atoms with Crippen LogP contribution >= 0.6 is 0 Å². The van der Waals surface area contributed by atoms with Gasteiger partial charge in [-0.15, -0.1) is 10.2 Å². The van der Waals surface area contributed by atoms with Crippen molar-refractivity contribution in [2.45, 2.75) is 63.5 Å². The molecule has 1 saturated carbocycles. The fourth-order valence-corrected chi connectivity index (χ4v) is 4.88. The van der Waals surface area contributed by atoms with E-state index in [1.54, 1.807) is 0 Å². The Morgan fingerprint density at radius 2 is 1.79 bits per heavy atom. The lowest BCUT2D eigenvalue weighted by molar-refractivity contribution is -0.185. The third-order valence-electron chi connectivity index (χ3n) is 6.91. The normalized spacial score (nSPS) is 21.0. The number of methoxy groups -OCH3 is 1. The fraction of sp³-hybridized carbons (Fsp3) is 0.583. The van der Waals surface area contributed by atoms with E-state index in [1.165, 1.54) is 7.11 Å². The molecule has 0 saturated heterocycles. The number of halogens is 3. The number of carbonyl (C=O) groups is 2. The summed E-state index contributed by atoms with van der Waals surface area (Å²) in [5.74, 6) is -0.313. The summed E-state index contributed by atoms with van der Waals surface area (Å²) in [5, 5.41) is 8.46. The van der Waals surface area contributed by atoms with Gasteiger partial charge in [-0.2, -0.15) is 13.2 Å². The maximum absolute atomic E-state index is 12.8. The highest BCUT2D eigenvalue weighted by atomic mass is 19.4. The fourth-order valence-electron chi connectivity index (χ4n) is 4.88. The minimum atomic E-state index is -4.86. The molecule has 1 aliphatic carbocycles. The van der Waals surface area contributed by atoms with Gasteiger partial charge in [0.2, 0.25) is 11.8 Å². The van der Waals surface area contributed by atoms with Crippen molar-refractivity contribution in [1.82, 2.24) is 15.1 Å². The number of hydrogen-bond acceptors (Lipinski definition) is 6. The second kappa shape index (κ2) is 10.1. The average Bonchev–Trinajstić information content (AvgIpc) is 3.23. The van der Waals surface area contributed by atoms with E-state index < -0.39 is 12.1 Å². The summed E-state index contributed by atoms with van der Waals surface area (Å²) < 4.78 is 49.1. The first-order valence-electron chi connectivity index (χ1n) is 11.6. The van der Waals surface area contributed by atoms with Crippen molar-refractivity contribution in [3.63, 3.8) is 0 Å². The van der Waals surface area contributed by atoms with Gasteiger partial charge in [-0.25, -0.2) is 0 Å². The van der Waals surface area contributed by atoms with E-state index in [0.717, 1.165) is 53.7 Å². The largest absolute Gasteiger partial charge is 0.471 e. The molecule has 0 atom stereocenters. The quantitative estimate of drug-likeness (QED) is 0.589. The third-order valence-corrected chi connectivity index (χ3v) is 6.91. The first-order chi connectivity index (χ1) is 16.2. The van der Waals surface area contributed by atoms with Gasteiger partial charge in [0.1, 0.15) is 0 Å². The van der Waals surface area contributed by atoms with Gasteiger partial charge in [0.15, 0.2) is 0 Å². The van der Waals surface area contributed by atoms with Crippen LogP contribution in [0.25, 0.3) is 11.5 Å². The second-order valence-corrected chi connectivity index (χ2v) is 9.05. The molecule has 1 aromatic heterocycles. The van der Waals surface area contributed by atoms with Crippen molar-refractivity contribution >= 4 is 11.9 Å². The van der Waals surface area contributed by atoms with Gasteiger partial charge in [0.25, 0.3) is 0 Å². The zero-order valence-electron chi connectivity index (χ0n) is 19.1. The Hall–Kier alpha value is -2.91. The van der Waals surface area contributed by atoms with E-state index >= 15 is 0 Å². The molecule has 1 aliphatic heterocycles. The highest BCUT2D eigenvalue weighted by molar-refractivity contribution is 5.82. The molecular weight excluding hydrogens is 451 g/mol. The summed E-state index contributed by atoms with van der Waals surface area (Å²) in [4.78, 5) is 23.8. The lowest BCUT2D eigenvalue weighted by Crippen LogP contribution is -2.42. The van der Waals surface area contributed by atoms with Crippen LogP contribution in [0.2, 0.25) is 0 Å². The molecule has 10 heteroatoms. The summed E-state index contributed by atoms with van der Waals surface area (Å²) in [7, 11) is 1.40. The number of carbonyl (C=O) groups excluding carboxylic acids is 2. The number of ether oxygens (including phenoxy) is 1. The smallest absolute Gasteiger partial charge is 0.469 e. The van der Waals surface area contributed by atoms with E-state index in [1.807, 2.05) is 18.2 Å². The molecule has 0 bridgehead atoms. The van der Waals surface area contributed by atoms with Gasteiger partial charge >= 0.3 is 18.1 Å². The number of hydrogen-bond donors (Lipinski definition) is 0. The summed E-state index contributed by atoms with van der Waals surface area (Å²) in [5.41, 5.74) is 2.53. The molecule has 1 fully saturated rings. The lowest BCUT2D eigenvalue weighted by atomic mass is 9.80. The van der Waals surface area contributed by atoms with Crippen LogP contribution in [-0.2, 0) is 27.2 Å². The Labute approximate surface area is 195 Å². The van der Waals surface area contributed by atoms with Crippen LogP contribution in [0.1, 0.15) is 61.5 Å². The minimum absolute atomic E-state index is 0.0170. The molecule has 0 spiro atoms. The van der Waals surface area contributed by atoms with E-state index in [0.29, 0.717) is 37.0 Å². The predicted octanol–water partition coefficient (Wildman–Crippen LogP) is 4.45. The SMILES string of the molecule is COC(=O)CCC1CCC(c2nnc(-c3ccc4c(c3)CCN(C(=O)C(F)(F)F)CC4)o2)CC1. The molecule has 7 nitrogen and oxygen atoms in total. The number of amides is 1. The van der Waals surface area contributed by atoms with Gasteiger partial charge in [-0.3, -0.25) is 9.59 Å². The van der Waals surface area contributed by atoms with Gasteiger partial charge in [-0.1, -0.05) is 6.07 Å². The van der Waals surface area contributed by atoms with Crippen LogP contribution in [0.4, 0.5) is 13.2 Å². The van der Waals surface area contributed by atoms with Crippen LogP contribution in [0, 0.1) is 5.92 Å². The van der Waals surface area contributed by atoms with Gasteiger partial charge in [0.05, 0.1) is 7.11 Å². The molecule has 0 radical (unpaired) electrons. The Morgan fingerprint density at radius 1 is 1.09 bits per heavy atom. The van der Waals surface area contributed by atoms with E-state index in [2.05, 4.69) is 10.2 Å². The maximum atomic E-state index is 12.8. The molecule has 4 rings (SSSR count).